The lowest BCUT2D eigenvalue weighted by Gasteiger charge is -2.32. The second-order valence-electron chi connectivity index (χ2n) is 10.5. The van der Waals surface area contributed by atoms with Gasteiger partial charge in [0.1, 0.15) is 5.75 Å². The minimum atomic E-state index is -0.265. The van der Waals surface area contributed by atoms with Crippen molar-refractivity contribution in [2.45, 2.75) is 43.9 Å². The number of halogens is 1. The highest BCUT2D eigenvalue weighted by atomic mass is 35.5. The van der Waals surface area contributed by atoms with Crippen LogP contribution in [-0.4, -0.2) is 72.0 Å². The number of nitrogens with zero attached hydrogens (tertiary/aromatic N) is 4. The van der Waals surface area contributed by atoms with E-state index in [1.54, 1.807) is 20.4 Å². The van der Waals surface area contributed by atoms with Gasteiger partial charge in [-0.05, 0) is 80.1 Å². The molecule has 1 fully saturated rings. The van der Waals surface area contributed by atoms with Crippen molar-refractivity contribution in [3.63, 3.8) is 0 Å². The number of piperidine rings is 1. The molecule has 1 aliphatic heterocycles. The summed E-state index contributed by atoms with van der Waals surface area (Å²) in [5.74, 6) is 1.54. The molecule has 2 N–H and O–H groups in total. The van der Waals surface area contributed by atoms with E-state index in [9.17, 15) is 5.11 Å². The third kappa shape index (κ3) is 5.50. The van der Waals surface area contributed by atoms with E-state index >= 15 is 0 Å². The molecule has 8 nitrogen and oxygen atoms in total. The third-order valence-corrected chi connectivity index (χ3v) is 8.37. The summed E-state index contributed by atoms with van der Waals surface area (Å²) >= 11 is 6.80. The number of hydrogen-bond donors (Lipinski definition) is 2. The Kier molecular flexibility index (Phi) is 8.14. The molecule has 3 aromatic rings. The van der Waals surface area contributed by atoms with Crippen molar-refractivity contribution in [1.29, 1.82) is 0 Å². The summed E-state index contributed by atoms with van der Waals surface area (Å²) in [6, 6.07) is 7.92. The Morgan fingerprint density at radius 3 is 2.74 bits per heavy atom. The number of rotatable bonds is 9. The summed E-state index contributed by atoms with van der Waals surface area (Å²) in [6.45, 7) is 5.97. The van der Waals surface area contributed by atoms with E-state index in [2.05, 4.69) is 33.2 Å². The topological polar surface area (TPSA) is 92.6 Å². The molecule has 9 heteroatoms. The van der Waals surface area contributed by atoms with Gasteiger partial charge in [0.15, 0.2) is 0 Å². The van der Waals surface area contributed by atoms with E-state index in [0.29, 0.717) is 22.6 Å². The van der Waals surface area contributed by atoms with E-state index in [1.165, 1.54) is 0 Å². The third-order valence-electron chi connectivity index (χ3n) is 8.04. The minimum absolute atomic E-state index is 0.102. The first kappa shape index (κ1) is 26.8. The van der Waals surface area contributed by atoms with Gasteiger partial charge in [-0.25, -0.2) is 9.97 Å². The molecule has 38 heavy (non-hydrogen) atoms. The highest BCUT2D eigenvalue weighted by Crippen LogP contribution is 2.41. The van der Waals surface area contributed by atoms with Crippen molar-refractivity contribution in [1.82, 2.24) is 19.9 Å². The van der Waals surface area contributed by atoms with Crippen molar-refractivity contribution in [2.75, 3.05) is 52.4 Å². The molecule has 0 bridgehead atoms. The van der Waals surface area contributed by atoms with Crippen LogP contribution in [0.25, 0.3) is 11.3 Å². The van der Waals surface area contributed by atoms with Crippen molar-refractivity contribution < 1.29 is 14.6 Å². The summed E-state index contributed by atoms with van der Waals surface area (Å²) in [7, 11) is 3.41. The van der Waals surface area contributed by atoms with Gasteiger partial charge in [-0.15, -0.1) is 0 Å². The minimum Gasteiger partial charge on any atom is -0.495 e. The number of aromatic nitrogens is 3. The lowest BCUT2D eigenvalue weighted by atomic mass is 9.85. The van der Waals surface area contributed by atoms with Gasteiger partial charge in [-0.3, -0.25) is 4.98 Å². The lowest BCUT2D eigenvalue weighted by molar-refractivity contribution is 0.130. The highest BCUT2D eigenvalue weighted by Gasteiger charge is 2.35. The first-order chi connectivity index (χ1) is 18.4. The van der Waals surface area contributed by atoms with Crippen LogP contribution in [0.1, 0.15) is 48.9 Å². The average molecular weight is 538 g/mol. The van der Waals surface area contributed by atoms with Gasteiger partial charge >= 0.3 is 0 Å². The van der Waals surface area contributed by atoms with E-state index in [-0.39, 0.29) is 12.0 Å². The maximum Gasteiger partial charge on any atom is 0.227 e. The Balaban J connectivity index is 1.35. The first-order valence-electron chi connectivity index (χ1n) is 13.2. The number of benzene rings is 1. The molecule has 0 spiro atoms. The van der Waals surface area contributed by atoms with Crippen molar-refractivity contribution in [3.05, 3.63) is 58.5 Å². The average Bonchev–Trinajstić information content (AvgIpc) is 3.29. The zero-order chi connectivity index (χ0) is 26.7. The summed E-state index contributed by atoms with van der Waals surface area (Å²) < 4.78 is 11.0. The fourth-order valence-electron chi connectivity index (χ4n) is 5.58. The van der Waals surface area contributed by atoms with E-state index < -0.39 is 0 Å². The molecule has 0 radical (unpaired) electrons. The summed E-state index contributed by atoms with van der Waals surface area (Å²) in [6.07, 6.45) is 7.45. The van der Waals surface area contributed by atoms with Crippen LogP contribution < -0.4 is 10.1 Å². The number of fused-ring (bicyclic) bond motifs is 1. The fourth-order valence-corrected chi connectivity index (χ4v) is 5.90. The molecule has 5 rings (SSSR count). The standard InChI is InChI=1S/C29H36ClN5O3/c1-29(18-36)8-4-25-22(29)14-20(17-32-25)24-5-9-31-28(33-24)34-26-16-23(30)21(15-27(26)38-3)19-6-10-35(11-7-19)12-13-37-2/h5,9,14-17,19,36H,4,6-8,10-13,18H2,1-3H3,(H,31,33,34). The Morgan fingerprint density at radius 1 is 1.18 bits per heavy atom. The zero-order valence-electron chi connectivity index (χ0n) is 22.3. The summed E-state index contributed by atoms with van der Waals surface area (Å²) in [4.78, 5) is 16.3. The molecule has 1 saturated heterocycles. The summed E-state index contributed by atoms with van der Waals surface area (Å²) in [5, 5.41) is 14.0. The molecule has 1 atom stereocenters. The van der Waals surface area contributed by atoms with E-state index in [0.717, 1.165) is 85.7 Å². The van der Waals surface area contributed by atoms with E-state index in [4.69, 9.17) is 26.1 Å². The van der Waals surface area contributed by atoms with Crippen LogP contribution in [0.2, 0.25) is 5.02 Å². The van der Waals surface area contributed by atoms with Gasteiger partial charge in [0.05, 0.1) is 31.7 Å². The maximum absolute atomic E-state index is 9.97. The molecule has 2 aliphatic rings. The lowest BCUT2D eigenvalue weighted by Crippen LogP contribution is -2.35. The summed E-state index contributed by atoms with van der Waals surface area (Å²) in [5.41, 5.74) is 5.37. The van der Waals surface area contributed by atoms with Gasteiger partial charge in [-0.1, -0.05) is 18.5 Å². The molecule has 0 saturated carbocycles. The molecule has 2 aromatic heterocycles. The van der Waals surface area contributed by atoms with Gasteiger partial charge in [0, 0.05) is 47.7 Å². The van der Waals surface area contributed by atoms with Crippen LogP contribution in [0.4, 0.5) is 11.6 Å². The number of anilines is 2. The smallest absolute Gasteiger partial charge is 0.227 e. The predicted molar refractivity (Wildman–Crippen MR) is 150 cm³/mol. The molecular weight excluding hydrogens is 502 g/mol. The second-order valence-corrected chi connectivity index (χ2v) is 10.9. The van der Waals surface area contributed by atoms with Crippen LogP contribution >= 0.6 is 11.6 Å². The maximum atomic E-state index is 9.97. The van der Waals surface area contributed by atoms with Crippen molar-refractivity contribution >= 4 is 23.2 Å². The van der Waals surface area contributed by atoms with Gasteiger partial charge in [0.2, 0.25) is 5.95 Å². The number of aryl methyl sites for hydroxylation is 1. The Labute approximate surface area is 229 Å². The van der Waals surface area contributed by atoms with Crippen LogP contribution in [0, 0.1) is 0 Å². The Bertz CT molecular complexity index is 1280. The number of methoxy groups -OCH3 is 2. The van der Waals surface area contributed by atoms with Crippen LogP contribution in [0.15, 0.2) is 36.7 Å². The van der Waals surface area contributed by atoms with Crippen LogP contribution in [0.5, 0.6) is 5.75 Å². The van der Waals surface area contributed by atoms with Crippen molar-refractivity contribution in [3.8, 4) is 17.0 Å². The monoisotopic (exact) mass is 537 g/mol. The largest absolute Gasteiger partial charge is 0.495 e. The number of ether oxygens (including phenoxy) is 2. The highest BCUT2D eigenvalue weighted by molar-refractivity contribution is 6.31. The number of pyridine rings is 1. The molecule has 1 unspecified atom stereocenters. The molecule has 1 aromatic carbocycles. The van der Waals surface area contributed by atoms with Gasteiger partial charge in [0.25, 0.3) is 0 Å². The van der Waals surface area contributed by atoms with Crippen LogP contribution in [-0.2, 0) is 16.6 Å². The van der Waals surface area contributed by atoms with E-state index in [1.807, 2.05) is 24.4 Å². The molecule has 0 amide bonds. The molecule has 3 heterocycles. The predicted octanol–water partition coefficient (Wildman–Crippen LogP) is 4.97. The fraction of sp³-hybridized carbons (Fsp3) is 0.483. The second kappa shape index (κ2) is 11.5. The normalized spacial score (nSPS) is 19.9. The molecule has 1 aliphatic carbocycles. The molecule has 202 valence electrons. The first-order valence-corrected chi connectivity index (χ1v) is 13.6. The SMILES string of the molecule is COCCN1CCC(c2cc(OC)c(Nc3nccc(-c4cnc5c(c4)C(C)(CO)CC5)n3)cc2Cl)CC1. The van der Waals surface area contributed by atoms with Gasteiger partial charge < -0.3 is 24.8 Å². The number of hydrogen-bond acceptors (Lipinski definition) is 8. The number of nitrogens with one attached hydrogen (secondary N) is 1. The quantitative estimate of drug-likeness (QED) is 0.395. The van der Waals surface area contributed by atoms with Crippen molar-refractivity contribution in [2.24, 2.45) is 0 Å². The Morgan fingerprint density at radius 2 is 2.00 bits per heavy atom. The van der Waals surface area contributed by atoms with Crippen LogP contribution in [0.3, 0.4) is 0 Å². The number of aliphatic hydroxyl groups excluding tert-OH is 1. The van der Waals surface area contributed by atoms with Gasteiger partial charge in [-0.2, -0.15) is 0 Å². The molecular formula is C29H36ClN5O3. The number of aliphatic hydroxyl groups is 1. The Hall–Kier alpha value is -2.78. The number of likely N-dealkylation sites (tertiary alicyclic amines) is 1. The zero-order valence-corrected chi connectivity index (χ0v) is 23.1.